The molecule has 0 bridgehead atoms. The lowest BCUT2D eigenvalue weighted by atomic mass is 10.1. The summed E-state index contributed by atoms with van der Waals surface area (Å²) in [4.78, 5) is 22.8. The molecule has 0 radical (unpaired) electrons. The van der Waals surface area contributed by atoms with Crippen molar-refractivity contribution in [3.05, 3.63) is 34.9 Å². The number of hydrogen-bond donors (Lipinski definition) is 1. The summed E-state index contributed by atoms with van der Waals surface area (Å²) in [7, 11) is 1.33. The highest BCUT2D eigenvalue weighted by molar-refractivity contribution is 6.31. The van der Waals surface area contributed by atoms with Crippen molar-refractivity contribution in [3.63, 3.8) is 0 Å². The van der Waals surface area contributed by atoms with Crippen LogP contribution in [-0.2, 0) is 14.3 Å². The van der Waals surface area contributed by atoms with Gasteiger partial charge in [0.25, 0.3) is 0 Å². The number of benzene rings is 1. The fraction of sp³-hybridized carbons (Fsp3) is 0.429. The van der Waals surface area contributed by atoms with Crippen molar-refractivity contribution in [2.75, 3.05) is 13.7 Å². The first kappa shape index (κ1) is 13.9. The van der Waals surface area contributed by atoms with Crippen molar-refractivity contribution in [1.82, 2.24) is 5.32 Å². The monoisotopic (exact) mass is 281 g/mol. The lowest BCUT2D eigenvalue weighted by Crippen LogP contribution is -2.28. The zero-order chi connectivity index (χ0) is 13.8. The van der Waals surface area contributed by atoms with Crippen molar-refractivity contribution < 1.29 is 14.3 Å². The number of amides is 1. The number of carbonyl (C=O) groups is 2. The molecule has 0 heterocycles. The van der Waals surface area contributed by atoms with Gasteiger partial charge in [0.2, 0.25) is 5.91 Å². The minimum absolute atomic E-state index is 0.0196. The third-order valence-electron chi connectivity index (χ3n) is 3.29. The van der Waals surface area contributed by atoms with Gasteiger partial charge in [-0.25, -0.2) is 0 Å². The van der Waals surface area contributed by atoms with Gasteiger partial charge in [0.1, 0.15) is 0 Å². The second kappa shape index (κ2) is 6.06. The molecule has 4 nitrogen and oxygen atoms in total. The Kier molecular flexibility index (Phi) is 4.43. The number of ether oxygens (including phenoxy) is 1. The van der Waals surface area contributed by atoms with Crippen molar-refractivity contribution in [1.29, 1.82) is 0 Å². The quantitative estimate of drug-likeness (QED) is 0.841. The fourth-order valence-electron chi connectivity index (χ4n) is 2.13. The summed E-state index contributed by atoms with van der Waals surface area (Å²) >= 11 is 6.10. The van der Waals surface area contributed by atoms with E-state index in [1.165, 1.54) is 7.11 Å². The molecule has 1 aromatic carbocycles. The van der Waals surface area contributed by atoms with Crippen LogP contribution >= 0.6 is 11.6 Å². The molecule has 2 rings (SSSR count). The summed E-state index contributed by atoms with van der Waals surface area (Å²) in [6.45, 7) is 0.317. The van der Waals surface area contributed by atoms with Gasteiger partial charge in [0.15, 0.2) is 0 Å². The van der Waals surface area contributed by atoms with E-state index >= 15 is 0 Å². The van der Waals surface area contributed by atoms with Gasteiger partial charge in [0.05, 0.1) is 13.5 Å². The molecule has 5 heteroatoms. The van der Waals surface area contributed by atoms with Gasteiger partial charge in [-0.2, -0.15) is 0 Å². The zero-order valence-electron chi connectivity index (χ0n) is 10.7. The Morgan fingerprint density at radius 3 is 2.84 bits per heavy atom. The Morgan fingerprint density at radius 1 is 1.42 bits per heavy atom. The Bertz CT molecular complexity index is 489. The molecule has 1 aliphatic carbocycles. The first-order chi connectivity index (χ1) is 9.13. The Balaban J connectivity index is 1.81. The average molecular weight is 282 g/mol. The minimum atomic E-state index is -0.321. The summed E-state index contributed by atoms with van der Waals surface area (Å²) in [5.41, 5.74) is 1.03. The summed E-state index contributed by atoms with van der Waals surface area (Å²) in [6.07, 6.45) is 1.01. The Hall–Kier alpha value is -1.55. The van der Waals surface area contributed by atoms with Crippen molar-refractivity contribution >= 4 is 23.5 Å². The lowest BCUT2D eigenvalue weighted by molar-refractivity contribution is -0.140. The van der Waals surface area contributed by atoms with Gasteiger partial charge in [-0.1, -0.05) is 29.8 Å². The number of rotatable bonds is 5. The molecule has 1 saturated carbocycles. The predicted octanol–water partition coefficient (Wildman–Crippen LogP) is 2.12. The average Bonchev–Trinajstić information content (AvgIpc) is 3.19. The Labute approximate surface area is 117 Å². The molecule has 0 spiro atoms. The van der Waals surface area contributed by atoms with Gasteiger partial charge in [-0.05, 0) is 24.0 Å². The number of halogens is 1. The maximum atomic E-state index is 11.9. The number of nitrogens with one attached hydrogen (secondary N) is 1. The van der Waals surface area contributed by atoms with Crippen LogP contribution in [0.2, 0.25) is 5.02 Å². The normalized spacial score (nSPS) is 20.7. The van der Waals surface area contributed by atoms with Crippen molar-refractivity contribution in [2.24, 2.45) is 5.92 Å². The van der Waals surface area contributed by atoms with Gasteiger partial charge < -0.3 is 10.1 Å². The molecule has 19 heavy (non-hydrogen) atoms. The molecule has 2 unspecified atom stereocenters. The second-order valence-electron chi connectivity index (χ2n) is 4.59. The topological polar surface area (TPSA) is 55.4 Å². The highest BCUT2D eigenvalue weighted by atomic mass is 35.5. The van der Waals surface area contributed by atoms with Gasteiger partial charge in [-0.15, -0.1) is 0 Å². The summed E-state index contributed by atoms with van der Waals surface area (Å²) in [6, 6.07) is 7.58. The van der Waals surface area contributed by atoms with E-state index in [1.54, 1.807) is 0 Å². The minimum Gasteiger partial charge on any atom is -0.469 e. The van der Waals surface area contributed by atoms with Crippen LogP contribution in [0.4, 0.5) is 0 Å². The molecule has 1 fully saturated rings. The van der Waals surface area contributed by atoms with Crippen molar-refractivity contribution in [2.45, 2.75) is 18.8 Å². The molecule has 102 valence electrons. The highest BCUT2D eigenvalue weighted by Gasteiger charge is 2.44. The fourth-order valence-corrected chi connectivity index (χ4v) is 2.40. The third-order valence-corrected chi connectivity index (χ3v) is 3.63. The van der Waals surface area contributed by atoms with E-state index < -0.39 is 0 Å². The molecule has 2 atom stereocenters. The van der Waals surface area contributed by atoms with Crippen LogP contribution in [0.1, 0.15) is 24.3 Å². The van der Waals surface area contributed by atoms with E-state index in [0.717, 1.165) is 12.0 Å². The van der Waals surface area contributed by atoms with Crippen molar-refractivity contribution in [3.8, 4) is 0 Å². The number of carbonyl (C=O) groups excluding carboxylic acids is 2. The van der Waals surface area contributed by atoms with E-state index in [0.29, 0.717) is 11.6 Å². The van der Waals surface area contributed by atoms with Crippen LogP contribution in [0.15, 0.2) is 24.3 Å². The molecule has 0 saturated heterocycles. The largest absolute Gasteiger partial charge is 0.469 e. The van der Waals surface area contributed by atoms with E-state index in [9.17, 15) is 9.59 Å². The molecular formula is C14H16ClNO3. The first-order valence-electron chi connectivity index (χ1n) is 6.22. The van der Waals surface area contributed by atoms with Gasteiger partial charge in [-0.3, -0.25) is 9.59 Å². The maximum absolute atomic E-state index is 11.9. The SMILES string of the molecule is COC(=O)CCNC(=O)C1CC1c1ccccc1Cl. The molecular weight excluding hydrogens is 266 g/mol. The molecule has 1 aromatic rings. The lowest BCUT2D eigenvalue weighted by Gasteiger charge is -2.05. The Morgan fingerprint density at radius 2 is 2.16 bits per heavy atom. The van der Waals surface area contributed by atoms with E-state index in [2.05, 4.69) is 10.1 Å². The van der Waals surface area contributed by atoms with Crippen LogP contribution in [0, 0.1) is 5.92 Å². The number of hydrogen-bond acceptors (Lipinski definition) is 3. The number of esters is 1. The van der Waals surface area contributed by atoms with Crippen LogP contribution < -0.4 is 5.32 Å². The molecule has 1 N–H and O–H groups in total. The van der Waals surface area contributed by atoms with E-state index in [-0.39, 0.29) is 30.1 Å². The smallest absolute Gasteiger partial charge is 0.307 e. The van der Waals surface area contributed by atoms with Crippen LogP contribution in [0.3, 0.4) is 0 Å². The maximum Gasteiger partial charge on any atom is 0.307 e. The molecule has 1 amide bonds. The summed E-state index contributed by atoms with van der Waals surface area (Å²) in [5.74, 6) is -0.169. The molecule has 1 aliphatic rings. The van der Waals surface area contributed by atoms with E-state index in [1.807, 2.05) is 24.3 Å². The van der Waals surface area contributed by atoms with Gasteiger partial charge >= 0.3 is 5.97 Å². The first-order valence-corrected chi connectivity index (χ1v) is 6.60. The summed E-state index contributed by atoms with van der Waals surface area (Å²) < 4.78 is 4.51. The second-order valence-corrected chi connectivity index (χ2v) is 4.99. The zero-order valence-corrected chi connectivity index (χ0v) is 11.4. The number of methoxy groups -OCH3 is 1. The third kappa shape index (κ3) is 3.47. The van der Waals surface area contributed by atoms with Crippen LogP contribution in [0.25, 0.3) is 0 Å². The summed E-state index contributed by atoms with van der Waals surface area (Å²) in [5, 5.41) is 3.45. The van der Waals surface area contributed by atoms with Gasteiger partial charge in [0, 0.05) is 17.5 Å². The molecule has 0 aromatic heterocycles. The standard InChI is InChI=1S/C14H16ClNO3/c1-19-13(17)6-7-16-14(18)11-8-10(11)9-4-2-3-5-12(9)15/h2-5,10-11H,6-8H2,1H3,(H,16,18). The predicted molar refractivity (Wildman–Crippen MR) is 71.9 cm³/mol. The highest BCUT2D eigenvalue weighted by Crippen LogP contribution is 2.49. The van der Waals surface area contributed by atoms with Crippen LogP contribution in [-0.4, -0.2) is 25.5 Å². The van der Waals surface area contributed by atoms with E-state index in [4.69, 9.17) is 11.6 Å². The van der Waals surface area contributed by atoms with Crippen LogP contribution in [0.5, 0.6) is 0 Å². The molecule has 0 aliphatic heterocycles.